The largest absolute Gasteiger partial charge is 0.497 e. The molecular formula is C22H17F3N2O3. The lowest BCUT2D eigenvalue weighted by atomic mass is 10.0. The van der Waals surface area contributed by atoms with E-state index in [-0.39, 0.29) is 0 Å². The van der Waals surface area contributed by atoms with Crippen LogP contribution in [-0.2, 0) is 15.8 Å². The summed E-state index contributed by atoms with van der Waals surface area (Å²) in [6.45, 7) is 0. The summed E-state index contributed by atoms with van der Waals surface area (Å²) in [5.74, 6) is -1.08. The highest BCUT2D eigenvalue weighted by Crippen LogP contribution is 2.31. The van der Waals surface area contributed by atoms with Crippen LogP contribution in [0.15, 0.2) is 72.8 Å². The second kappa shape index (κ2) is 8.69. The topological polar surface area (TPSA) is 67.4 Å². The molecule has 2 amide bonds. The molecule has 0 aromatic heterocycles. The Morgan fingerprint density at radius 3 is 1.50 bits per heavy atom. The summed E-state index contributed by atoms with van der Waals surface area (Å²) < 4.78 is 43.0. The number of methoxy groups -OCH3 is 1. The number of ether oxygens (including phenoxy) is 1. The molecule has 0 saturated carbocycles. The molecule has 0 saturated heterocycles. The van der Waals surface area contributed by atoms with E-state index in [0.717, 1.165) is 12.1 Å². The maximum Gasteiger partial charge on any atom is 0.416 e. The average Bonchev–Trinajstić information content (AvgIpc) is 2.74. The molecule has 3 aromatic rings. The first kappa shape index (κ1) is 20.9. The number of alkyl halides is 3. The Kier molecular flexibility index (Phi) is 6.06. The second-order valence-electron chi connectivity index (χ2n) is 6.29. The summed E-state index contributed by atoms with van der Waals surface area (Å²) in [5.41, 5.74) is 1.36. The molecule has 0 aliphatic heterocycles. The first-order valence-corrected chi connectivity index (χ1v) is 8.80. The van der Waals surface area contributed by atoms with Crippen molar-refractivity contribution >= 4 is 23.2 Å². The second-order valence-corrected chi connectivity index (χ2v) is 6.29. The zero-order valence-corrected chi connectivity index (χ0v) is 15.8. The molecule has 30 heavy (non-hydrogen) atoms. The van der Waals surface area contributed by atoms with Gasteiger partial charge in [0.25, 0.3) is 0 Å². The fraction of sp³-hybridized carbons (Fsp3) is 0.0909. The maximum atomic E-state index is 12.7. The number of carbonyl (C=O) groups excluding carboxylic acids is 2. The molecular weight excluding hydrogens is 397 g/mol. The molecule has 0 fully saturated rings. The van der Waals surface area contributed by atoms with Crippen LogP contribution in [-0.4, -0.2) is 18.9 Å². The van der Waals surface area contributed by atoms with Crippen LogP contribution in [0.3, 0.4) is 0 Å². The molecule has 8 heteroatoms. The lowest BCUT2D eigenvalue weighted by Crippen LogP contribution is -2.29. The summed E-state index contributed by atoms with van der Waals surface area (Å²) in [7, 11) is 1.52. The summed E-state index contributed by atoms with van der Waals surface area (Å²) in [5, 5.41) is 4.94. The van der Waals surface area contributed by atoms with E-state index in [1.807, 2.05) is 0 Å². The zero-order chi connectivity index (χ0) is 21.7. The van der Waals surface area contributed by atoms with Crippen LogP contribution in [0.2, 0.25) is 0 Å². The predicted molar refractivity (Wildman–Crippen MR) is 107 cm³/mol. The minimum absolute atomic E-state index is 0.376. The monoisotopic (exact) mass is 414 g/mol. The van der Waals surface area contributed by atoms with Crippen molar-refractivity contribution < 1.29 is 27.5 Å². The van der Waals surface area contributed by atoms with E-state index in [0.29, 0.717) is 28.3 Å². The standard InChI is InChI=1S/C22H17F3N2O3/c1-30-19-12-10-18(11-13-19)27-21(29)20(28)26-17-8-4-15(5-9-17)14-2-6-16(7-3-14)22(23,24)25/h2-13H,1H3,(H,26,28)(H,27,29). The van der Waals surface area contributed by atoms with Crippen molar-refractivity contribution in [1.29, 1.82) is 0 Å². The van der Waals surface area contributed by atoms with Gasteiger partial charge in [-0.3, -0.25) is 9.59 Å². The van der Waals surface area contributed by atoms with E-state index in [1.165, 1.54) is 19.2 Å². The Balaban J connectivity index is 1.61. The van der Waals surface area contributed by atoms with E-state index in [9.17, 15) is 22.8 Å². The van der Waals surface area contributed by atoms with Crippen LogP contribution in [0.5, 0.6) is 5.75 Å². The van der Waals surface area contributed by atoms with Crippen molar-refractivity contribution in [3.63, 3.8) is 0 Å². The highest BCUT2D eigenvalue weighted by molar-refractivity contribution is 6.43. The van der Waals surface area contributed by atoms with Crippen LogP contribution >= 0.6 is 0 Å². The molecule has 0 aliphatic rings. The molecule has 0 spiro atoms. The number of amides is 2. The lowest BCUT2D eigenvalue weighted by molar-refractivity contribution is -0.137. The molecule has 0 aliphatic carbocycles. The van der Waals surface area contributed by atoms with Gasteiger partial charge in [0.15, 0.2) is 0 Å². The van der Waals surface area contributed by atoms with Crippen LogP contribution in [0, 0.1) is 0 Å². The smallest absolute Gasteiger partial charge is 0.416 e. The van der Waals surface area contributed by atoms with E-state index < -0.39 is 23.6 Å². The Morgan fingerprint density at radius 2 is 1.10 bits per heavy atom. The van der Waals surface area contributed by atoms with Crippen LogP contribution in [0.25, 0.3) is 11.1 Å². The van der Waals surface area contributed by atoms with Gasteiger partial charge in [-0.2, -0.15) is 13.2 Å². The maximum absolute atomic E-state index is 12.7. The molecule has 0 atom stereocenters. The van der Waals surface area contributed by atoms with Crippen molar-refractivity contribution in [3.8, 4) is 16.9 Å². The van der Waals surface area contributed by atoms with Gasteiger partial charge in [-0.25, -0.2) is 0 Å². The van der Waals surface area contributed by atoms with Crippen molar-refractivity contribution in [1.82, 2.24) is 0 Å². The number of anilines is 2. The van der Waals surface area contributed by atoms with Gasteiger partial charge in [-0.05, 0) is 59.7 Å². The van der Waals surface area contributed by atoms with Gasteiger partial charge in [0.1, 0.15) is 5.75 Å². The normalized spacial score (nSPS) is 10.9. The molecule has 0 heterocycles. The number of carbonyl (C=O) groups is 2. The lowest BCUT2D eigenvalue weighted by Gasteiger charge is -2.09. The molecule has 0 unspecified atom stereocenters. The van der Waals surface area contributed by atoms with Gasteiger partial charge in [0.05, 0.1) is 12.7 Å². The van der Waals surface area contributed by atoms with Crippen molar-refractivity contribution in [2.24, 2.45) is 0 Å². The number of halogens is 3. The minimum atomic E-state index is -4.39. The van der Waals surface area contributed by atoms with Crippen molar-refractivity contribution in [3.05, 3.63) is 78.4 Å². The van der Waals surface area contributed by atoms with E-state index >= 15 is 0 Å². The number of rotatable bonds is 4. The third kappa shape index (κ3) is 5.16. The predicted octanol–water partition coefficient (Wildman–Crippen LogP) is 4.96. The number of nitrogens with one attached hydrogen (secondary N) is 2. The molecule has 0 radical (unpaired) electrons. The van der Waals surface area contributed by atoms with E-state index in [4.69, 9.17) is 4.74 Å². The van der Waals surface area contributed by atoms with Gasteiger partial charge in [0.2, 0.25) is 0 Å². The van der Waals surface area contributed by atoms with Crippen LogP contribution < -0.4 is 15.4 Å². The fourth-order valence-electron chi connectivity index (χ4n) is 2.65. The third-order valence-electron chi connectivity index (χ3n) is 4.24. The van der Waals surface area contributed by atoms with Gasteiger partial charge < -0.3 is 15.4 Å². The SMILES string of the molecule is COc1ccc(NC(=O)C(=O)Nc2ccc(-c3ccc(C(F)(F)F)cc3)cc2)cc1. The van der Waals surface area contributed by atoms with Gasteiger partial charge >= 0.3 is 18.0 Å². The summed E-state index contributed by atoms with van der Waals surface area (Å²) in [6, 6.07) is 17.7. The number of hydrogen-bond acceptors (Lipinski definition) is 3. The highest BCUT2D eigenvalue weighted by atomic mass is 19.4. The van der Waals surface area contributed by atoms with Gasteiger partial charge in [-0.1, -0.05) is 24.3 Å². The number of benzene rings is 3. The Morgan fingerprint density at radius 1 is 0.700 bits per heavy atom. The van der Waals surface area contributed by atoms with Crippen LogP contribution in [0.1, 0.15) is 5.56 Å². The molecule has 3 rings (SSSR count). The van der Waals surface area contributed by atoms with Crippen molar-refractivity contribution in [2.75, 3.05) is 17.7 Å². The first-order valence-electron chi connectivity index (χ1n) is 8.80. The first-order chi connectivity index (χ1) is 14.3. The Bertz CT molecular complexity index is 1030. The average molecular weight is 414 g/mol. The molecule has 2 N–H and O–H groups in total. The quantitative estimate of drug-likeness (QED) is 0.593. The van der Waals surface area contributed by atoms with Crippen LogP contribution in [0.4, 0.5) is 24.5 Å². The Labute approximate surface area is 170 Å². The van der Waals surface area contributed by atoms with Gasteiger partial charge in [0, 0.05) is 11.4 Å². The third-order valence-corrected chi connectivity index (χ3v) is 4.24. The summed E-state index contributed by atoms with van der Waals surface area (Å²) in [4.78, 5) is 24.1. The molecule has 0 bridgehead atoms. The fourth-order valence-corrected chi connectivity index (χ4v) is 2.65. The Hall–Kier alpha value is -3.81. The summed E-state index contributed by atoms with van der Waals surface area (Å²) in [6.07, 6.45) is -4.39. The number of hydrogen-bond donors (Lipinski definition) is 2. The molecule has 154 valence electrons. The highest BCUT2D eigenvalue weighted by Gasteiger charge is 2.29. The molecule has 3 aromatic carbocycles. The minimum Gasteiger partial charge on any atom is -0.497 e. The molecule has 5 nitrogen and oxygen atoms in total. The van der Waals surface area contributed by atoms with E-state index in [1.54, 1.807) is 48.5 Å². The van der Waals surface area contributed by atoms with Crippen molar-refractivity contribution in [2.45, 2.75) is 6.18 Å². The summed E-state index contributed by atoms with van der Waals surface area (Å²) >= 11 is 0. The van der Waals surface area contributed by atoms with E-state index in [2.05, 4.69) is 10.6 Å². The zero-order valence-electron chi connectivity index (χ0n) is 15.8. The van der Waals surface area contributed by atoms with Gasteiger partial charge in [-0.15, -0.1) is 0 Å².